The first-order valence-corrected chi connectivity index (χ1v) is 12.3. The van der Waals surface area contributed by atoms with Gasteiger partial charge in [-0.3, -0.25) is 9.59 Å². The molecule has 0 aliphatic heterocycles. The molecule has 4 rings (SSSR count). The van der Waals surface area contributed by atoms with E-state index in [-0.39, 0.29) is 16.8 Å². The summed E-state index contributed by atoms with van der Waals surface area (Å²) < 4.78 is 30.7. The predicted molar refractivity (Wildman–Crippen MR) is 134 cm³/mol. The van der Waals surface area contributed by atoms with Gasteiger partial charge in [-0.25, -0.2) is 14.8 Å². The number of amides is 1. The Kier molecular flexibility index (Phi) is 6.42. The average Bonchev–Trinajstić information content (AvgIpc) is 2.81. The zero-order valence-electron chi connectivity index (χ0n) is 19.3. The van der Waals surface area contributed by atoms with Crippen LogP contribution in [0.15, 0.2) is 70.0 Å². The van der Waals surface area contributed by atoms with E-state index in [2.05, 4.69) is 10.3 Å². The smallest absolute Gasteiger partial charge is 0.299 e. The second kappa shape index (κ2) is 9.32. The molecule has 2 aromatic heterocycles. The van der Waals surface area contributed by atoms with E-state index in [1.807, 2.05) is 50.2 Å². The molecule has 1 unspecified atom stereocenters. The molecule has 2 heterocycles. The Bertz CT molecular complexity index is 1600. The van der Waals surface area contributed by atoms with Crippen molar-refractivity contribution in [2.24, 2.45) is 5.14 Å². The van der Waals surface area contributed by atoms with Crippen LogP contribution >= 0.6 is 0 Å². The molecule has 0 aliphatic carbocycles. The van der Waals surface area contributed by atoms with Crippen molar-refractivity contribution in [1.82, 2.24) is 9.71 Å². The number of nitrogens with one attached hydrogen (secondary N) is 2. The third kappa shape index (κ3) is 5.08. The second-order valence-corrected chi connectivity index (χ2v) is 9.52. The number of hydrogen-bond acceptors (Lipinski definition) is 7. The van der Waals surface area contributed by atoms with E-state index in [1.165, 1.54) is 6.20 Å². The lowest BCUT2D eigenvalue weighted by Crippen LogP contribution is -2.36. The summed E-state index contributed by atoms with van der Waals surface area (Å²) in [5.74, 6) is -0.486. The first-order chi connectivity index (χ1) is 16.5. The fourth-order valence-electron chi connectivity index (χ4n) is 3.95. The maximum atomic E-state index is 13.3. The Morgan fingerprint density at radius 1 is 1.09 bits per heavy atom. The van der Waals surface area contributed by atoms with Crippen molar-refractivity contribution < 1.29 is 17.6 Å². The SMILES string of the molecule is Cc1cc(C(C)Nc2cccnc2C(=O)NS(N)(=O)=O)c2oc(-c3ccccc3)c(C)c(=O)c2c1. The standard InChI is InChI=1S/C25H24N4O5S/c1-14-12-18(16(3)28-20-10-7-11-27-21(20)25(31)29-35(26,32)33)24-19(13-14)22(30)15(2)23(34-24)17-8-5-4-6-9-17/h4-13,16,28H,1-3H3,(H,29,31)(H2,26,32,33). The highest BCUT2D eigenvalue weighted by Crippen LogP contribution is 2.32. The number of nitrogens with zero attached hydrogens (tertiary/aromatic N) is 1. The number of fused-ring (bicyclic) bond motifs is 1. The summed E-state index contributed by atoms with van der Waals surface area (Å²) in [6.45, 7) is 5.46. The molecule has 180 valence electrons. The van der Waals surface area contributed by atoms with Gasteiger partial charge in [-0.1, -0.05) is 36.4 Å². The van der Waals surface area contributed by atoms with Gasteiger partial charge in [0.05, 0.1) is 17.1 Å². The van der Waals surface area contributed by atoms with Crippen LogP contribution in [-0.2, 0) is 10.2 Å². The summed E-state index contributed by atoms with van der Waals surface area (Å²) >= 11 is 0. The Morgan fingerprint density at radius 2 is 1.80 bits per heavy atom. The van der Waals surface area contributed by atoms with Crippen LogP contribution in [0.25, 0.3) is 22.3 Å². The van der Waals surface area contributed by atoms with Gasteiger partial charge >= 0.3 is 0 Å². The number of aryl methyl sites for hydroxylation is 1. The lowest BCUT2D eigenvalue weighted by atomic mass is 9.98. The van der Waals surface area contributed by atoms with Crippen LogP contribution in [0.4, 0.5) is 5.69 Å². The predicted octanol–water partition coefficient (Wildman–Crippen LogP) is 3.58. The Labute approximate surface area is 202 Å². The number of hydrogen-bond donors (Lipinski definition) is 3. The molecular weight excluding hydrogens is 468 g/mol. The fourth-order valence-corrected chi connectivity index (χ4v) is 4.30. The summed E-state index contributed by atoms with van der Waals surface area (Å²) in [5, 5.41) is 8.57. The number of benzene rings is 2. The Balaban J connectivity index is 1.82. The van der Waals surface area contributed by atoms with E-state index in [1.54, 1.807) is 29.8 Å². The van der Waals surface area contributed by atoms with Gasteiger partial charge < -0.3 is 9.73 Å². The first kappa shape index (κ1) is 24.1. The molecule has 0 spiro atoms. The highest BCUT2D eigenvalue weighted by Gasteiger charge is 2.22. The minimum Gasteiger partial charge on any atom is -0.455 e. The van der Waals surface area contributed by atoms with E-state index in [4.69, 9.17) is 9.56 Å². The third-order valence-electron chi connectivity index (χ3n) is 5.52. The number of carbonyl (C=O) groups excluding carboxylic acids is 1. The minimum atomic E-state index is -4.26. The van der Waals surface area contributed by atoms with Crippen LogP contribution in [0.5, 0.6) is 0 Å². The lowest BCUT2D eigenvalue weighted by molar-refractivity contribution is 0.0977. The average molecular weight is 493 g/mol. The van der Waals surface area contributed by atoms with Gasteiger partial charge in [-0.05, 0) is 44.5 Å². The molecule has 1 amide bonds. The molecule has 1 atom stereocenters. The molecule has 9 nitrogen and oxygen atoms in total. The molecule has 4 N–H and O–H groups in total. The van der Waals surface area contributed by atoms with Crippen molar-refractivity contribution >= 4 is 32.8 Å². The summed E-state index contributed by atoms with van der Waals surface area (Å²) in [6, 6.07) is 15.8. The van der Waals surface area contributed by atoms with Gasteiger partial charge in [-0.15, -0.1) is 0 Å². The Morgan fingerprint density at radius 3 is 2.49 bits per heavy atom. The van der Waals surface area contributed by atoms with Gasteiger partial charge in [0.25, 0.3) is 16.1 Å². The molecule has 4 aromatic rings. The van der Waals surface area contributed by atoms with Gasteiger partial charge in [-0.2, -0.15) is 8.42 Å². The molecule has 0 saturated carbocycles. The maximum absolute atomic E-state index is 13.3. The molecule has 2 aromatic carbocycles. The minimum absolute atomic E-state index is 0.128. The highest BCUT2D eigenvalue weighted by atomic mass is 32.2. The van der Waals surface area contributed by atoms with Crippen LogP contribution < -0.4 is 20.6 Å². The van der Waals surface area contributed by atoms with E-state index in [0.717, 1.165) is 11.1 Å². The van der Waals surface area contributed by atoms with Crippen molar-refractivity contribution in [3.63, 3.8) is 0 Å². The quantitative estimate of drug-likeness (QED) is 0.373. The van der Waals surface area contributed by atoms with Gasteiger partial charge in [0.15, 0.2) is 11.1 Å². The summed E-state index contributed by atoms with van der Waals surface area (Å²) in [5.41, 5.74) is 3.28. The van der Waals surface area contributed by atoms with Crippen LogP contribution in [-0.4, -0.2) is 19.3 Å². The summed E-state index contributed by atoms with van der Waals surface area (Å²) in [6.07, 6.45) is 1.36. The van der Waals surface area contributed by atoms with E-state index >= 15 is 0 Å². The van der Waals surface area contributed by atoms with Crippen LogP contribution in [0.2, 0.25) is 0 Å². The number of pyridine rings is 1. The number of rotatable bonds is 6. The summed E-state index contributed by atoms with van der Waals surface area (Å²) in [7, 11) is -4.26. The zero-order valence-corrected chi connectivity index (χ0v) is 20.1. The molecule has 35 heavy (non-hydrogen) atoms. The number of nitrogens with two attached hydrogens (primary N) is 1. The molecule has 0 saturated heterocycles. The van der Waals surface area contributed by atoms with Crippen molar-refractivity contribution in [3.8, 4) is 11.3 Å². The van der Waals surface area contributed by atoms with Crippen molar-refractivity contribution in [2.75, 3.05) is 5.32 Å². The molecule has 10 heteroatoms. The second-order valence-electron chi connectivity index (χ2n) is 8.22. The molecule has 0 aliphatic rings. The van der Waals surface area contributed by atoms with E-state index in [9.17, 15) is 18.0 Å². The third-order valence-corrected chi connectivity index (χ3v) is 5.99. The normalized spacial score (nSPS) is 12.3. The van der Waals surface area contributed by atoms with Gasteiger partial charge in [0.2, 0.25) is 0 Å². The van der Waals surface area contributed by atoms with Crippen molar-refractivity contribution in [3.05, 3.63) is 93.4 Å². The number of carbonyl (C=O) groups is 1. The maximum Gasteiger partial charge on any atom is 0.299 e. The van der Waals surface area contributed by atoms with Crippen molar-refractivity contribution in [1.29, 1.82) is 0 Å². The summed E-state index contributed by atoms with van der Waals surface area (Å²) in [4.78, 5) is 29.7. The Hall–Kier alpha value is -4.02. The first-order valence-electron chi connectivity index (χ1n) is 10.7. The van der Waals surface area contributed by atoms with Crippen molar-refractivity contribution in [2.45, 2.75) is 26.8 Å². The van der Waals surface area contributed by atoms with E-state index in [0.29, 0.717) is 27.9 Å². The molecule has 0 radical (unpaired) electrons. The van der Waals surface area contributed by atoms with Crippen LogP contribution in [0, 0.1) is 13.8 Å². The topological polar surface area (TPSA) is 144 Å². The molecule has 0 bridgehead atoms. The lowest BCUT2D eigenvalue weighted by Gasteiger charge is -2.20. The van der Waals surface area contributed by atoms with E-state index < -0.39 is 22.2 Å². The molecule has 0 fully saturated rings. The number of anilines is 1. The highest BCUT2D eigenvalue weighted by molar-refractivity contribution is 7.87. The van der Waals surface area contributed by atoms with Gasteiger partial charge in [0.1, 0.15) is 11.3 Å². The largest absolute Gasteiger partial charge is 0.455 e. The fraction of sp³-hybridized carbons (Fsp3) is 0.160. The van der Waals surface area contributed by atoms with Crippen LogP contribution in [0.1, 0.15) is 40.1 Å². The van der Waals surface area contributed by atoms with Gasteiger partial charge in [0, 0.05) is 22.9 Å². The zero-order chi connectivity index (χ0) is 25.3. The van der Waals surface area contributed by atoms with Crippen LogP contribution in [0.3, 0.4) is 0 Å². The molecular formula is C25H24N4O5S. The monoisotopic (exact) mass is 492 g/mol. The number of aromatic nitrogens is 1.